The predicted molar refractivity (Wildman–Crippen MR) is 75.3 cm³/mol. The van der Waals surface area contributed by atoms with Crippen molar-refractivity contribution < 1.29 is 45.1 Å². The molecule has 0 saturated heterocycles. The molecule has 0 aliphatic rings. The van der Waals surface area contributed by atoms with Gasteiger partial charge in [0.2, 0.25) is 0 Å². The number of carbonyl (C=O) groups excluding carboxylic acids is 2. The number of rotatable bonds is 4. The van der Waals surface area contributed by atoms with E-state index in [0.29, 0.717) is 12.6 Å². The number of carbonyl (C=O) groups is 2. The lowest BCUT2D eigenvalue weighted by Crippen LogP contribution is -2.60. The molecule has 1 aromatic carbocycles. The number of benzene rings is 1. The van der Waals surface area contributed by atoms with Gasteiger partial charge in [-0.2, -0.15) is 30.7 Å². The van der Waals surface area contributed by atoms with E-state index in [9.17, 15) is 40.3 Å². The largest absolute Gasteiger partial charge is 0.460 e. The van der Waals surface area contributed by atoms with Gasteiger partial charge < -0.3 is 4.74 Å². The number of amides is 2. The van der Waals surface area contributed by atoms with Crippen LogP contribution in [0.1, 0.15) is 25.3 Å². The number of halogens is 7. The van der Waals surface area contributed by atoms with Crippen LogP contribution in [0.5, 0.6) is 5.75 Å². The molecule has 0 bridgehead atoms. The summed E-state index contributed by atoms with van der Waals surface area (Å²) < 4.78 is 93.6. The molecule has 0 aromatic heterocycles. The van der Waals surface area contributed by atoms with Crippen LogP contribution < -0.4 is 4.74 Å². The first kappa shape index (κ1) is 21.7. The van der Waals surface area contributed by atoms with Crippen LogP contribution in [0.15, 0.2) is 24.3 Å². The molecular weight excluding hydrogens is 375 g/mol. The summed E-state index contributed by atoms with van der Waals surface area (Å²) in [6.07, 6.45) is -8.53. The minimum Gasteiger partial charge on any atom is -0.410 e. The average Bonchev–Trinajstić information content (AvgIpc) is 2.52. The summed E-state index contributed by atoms with van der Waals surface area (Å²) in [5, 5.41) is 0. The van der Waals surface area contributed by atoms with Gasteiger partial charge in [0.1, 0.15) is 5.75 Å². The summed E-state index contributed by atoms with van der Waals surface area (Å²) in [5.41, 5.74) is 0.425. The summed E-state index contributed by atoms with van der Waals surface area (Å²) in [6.45, 7) is 3.39. The Morgan fingerprint density at radius 1 is 1.00 bits per heavy atom. The van der Waals surface area contributed by atoms with Gasteiger partial charge in [-0.25, -0.2) is 9.69 Å². The van der Waals surface area contributed by atoms with E-state index in [1.807, 2.05) is 0 Å². The average molecular weight is 389 g/mol. The van der Waals surface area contributed by atoms with Gasteiger partial charge in [-0.05, 0) is 17.5 Å². The van der Waals surface area contributed by atoms with Gasteiger partial charge in [0.25, 0.3) is 0 Å². The Bertz CT molecular complexity index is 686. The first-order valence-corrected chi connectivity index (χ1v) is 7.05. The van der Waals surface area contributed by atoms with E-state index in [0.717, 1.165) is 0 Å². The zero-order valence-electron chi connectivity index (χ0n) is 13.7. The number of para-hydroxylation sites is 1. The highest BCUT2D eigenvalue weighted by Gasteiger charge is 2.77. The minimum atomic E-state index is -6.69. The number of imide groups is 1. The predicted octanol–water partition coefficient (Wildman–Crippen LogP) is 4.60. The number of nitrogens with zero attached hydrogens (tertiary/aromatic N) is 1. The van der Waals surface area contributed by atoms with Crippen LogP contribution in [0.2, 0.25) is 0 Å². The number of alkyl halides is 7. The van der Waals surface area contributed by atoms with Crippen LogP contribution in [-0.2, 0) is 4.79 Å². The van der Waals surface area contributed by atoms with Crippen LogP contribution >= 0.6 is 0 Å². The second-order valence-electron chi connectivity index (χ2n) is 5.57. The Balaban J connectivity index is 3.07. The molecule has 0 aliphatic carbocycles. The fourth-order valence-corrected chi connectivity index (χ4v) is 1.82. The molecule has 4 nitrogen and oxygen atoms in total. The first-order chi connectivity index (χ1) is 11.6. The SMILES string of the molecule is CC(C)c1ccccc1OC(=O)N(C)C(=O)C(F)(F)C(F)(F)C(F)(F)F. The monoisotopic (exact) mass is 389 g/mol. The van der Waals surface area contributed by atoms with E-state index >= 15 is 0 Å². The van der Waals surface area contributed by atoms with Crippen LogP contribution in [-0.4, -0.2) is 42.0 Å². The Kier molecular flexibility index (Phi) is 5.95. The van der Waals surface area contributed by atoms with Crippen LogP contribution in [0, 0.1) is 0 Å². The zero-order chi connectivity index (χ0) is 20.5. The summed E-state index contributed by atoms with van der Waals surface area (Å²) >= 11 is 0. The third-order valence-electron chi connectivity index (χ3n) is 3.34. The highest BCUT2D eigenvalue weighted by atomic mass is 19.4. The lowest BCUT2D eigenvalue weighted by atomic mass is 10.0. The minimum absolute atomic E-state index is 0.155. The first-order valence-electron chi connectivity index (χ1n) is 7.05. The van der Waals surface area contributed by atoms with Crippen LogP contribution in [0.3, 0.4) is 0 Å². The molecule has 1 rings (SSSR count). The van der Waals surface area contributed by atoms with Crippen molar-refractivity contribution >= 4 is 12.0 Å². The maximum absolute atomic E-state index is 13.4. The molecule has 0 radical (unpaired) electrons. The summed E-state index contributed by atoms with van der Waals surface area (Å²) in [4.78, 5) is 22.6. The molecule has 2 amide bonds. The normalized spacial score (nSPS) is 12.9. The van der Waals surface area contributed by atoms with E-state index < -0.39 is 34.9 Å². The molecule has 0 atom stereocenters. The summed E-state index contributed by atoms with van der Waals surface area (Å²) in [6, 6.07) is 5.73. The van der Waals surface area contributed by atoms with Crippen molar-refractivity contribution in [3.8, 4) is 5.75 Å². The van der Waals surface area contributed by atoms with Gasteiger partial charge in [-0.3, -0.25) is 4.79 Å². The van der Waals surface area contributed by atoms with E-state index in [1.165, 1.54) is 18.2 Å². The van der Waals surface area contributed by atoms with Gasteiger partial charge in [-0.15, -0.1) is 0 Å². The van der Waals surface area contributed by atoms with Gasteiger partial charge in [0.15, 0.2) is 0 Å². The Morgan fingerprint density at radius 3 is 1.96 bits per heavy atom. The lowest BCUT2D eigenvalue weighted by molar-refractivity contribution is -0.345. The number of hydrogen-bond donors (Lipinski definition) is 0. The maximum atomic E-state index is 13.4. The van der Waals surface area contributed by atoms with Gasteiger partial charge >= 0.3 is 30.0 Å². The molecule has 146 valence electrons. The van der Waals surface area contributed by atoms with Gasteiger partial charge in [-0.1, -0.05) is 32.0 Å². The zero-order valence-corrected chi connectivity index (χ0v) is 13.7. The molecule has 0 spiro atoms. The smallest absolute Gasteiger partial charge is 0.410 e. The van der Waals surface area contributed by atoms with Crippen LogP contribution in [0.4, 0.5) is 35.5 Å². The Labute approximate surface area is 143 Å². The molecule has 0 aliphatic heterocycles. The van der Waals surface area contributed by atoms with E-state index in [1.54, 1.807) is 19.9 Å². The number of hydrogen-bond acceptors (Lipinski definition) is 3. The third-order valence-corrected chi connectivity index (χ3v) is 3.34. The Hall–Kier alpha value is -2.33. The molecule has 26 heavy (non-hydrogen) atoms. The Morgan fingerprint density at radius 2 is 1.50 bits per heavy atom. The van der Waals surface area contributed by atoms with E-state index in [2.05, 4.69) is 4.74 Å². The van der Waals surface area contributed by atoms with Crippen molar-refractivity contribution in [3.63, 3.8) is 0 Å². The standard InChI is InChI=1S/C15H14F7NO3/c1-8(2)9-6-4-5-7-10(9)26-12(25)23(3)11(24)13(16,17)14(18,19)15(20,21)22/h4-8H,1-3H3. The third kappa shape index (κ3) is 3.91. The molecule has 0 fully saturated rings. The van der Waals surface area contributed by atoms with Crippen molar-refractivity contribution in [2.24, 2.45) is 0 Å². The quantitative estimate of drug-likeness (QED) is 0.708. The van der Waals surface area contributed by atoms with Crippen molar-refractivity contribution in [1.29, 1.82) is 0 Å². The molecule has 0 N–H and O–H groups in total. The maximum Gasteiger partial charge on any atom is 0.460 e. The van der Waals surface area contributed by atoms with Crippen molar-refractivity contribution in [2.45, 2.75) is 37.8 Å². The molecule has 0 unspecified atom stereocenters. The molecule has 11 heteroatoms. The highest BCUT2D eigenvalue weighted by molar-refractivity contribution is 5.97. The van der Waals surface area contributed by atoms with Crippen LogP contribution in [0.25, 0.3) is 0 Å². The van der Waals surface area contributed by atoms with Crippen molar-refractivity contribution in [3.05, 3.63) is 29.8 Å². The van der Waals surface area contributed by atoms with Gasteiger partial charge in [0, 0.05) is 7.05 Å². The van der Waals surface area contributed by atoms with E-state index in [-0.39, 0.29) is 11.7 Å². The van der Waals surface area contributed by atoms with Crippen molar-refractivity contribution in [1.82, 2.24) is 4.90 Å². The summed E-state index contributed by atoms with van der Waals surface area (Å²) in [5.74, 6) is -16.3. The summed E-state index contributed by atoms with van der Waals surface area (Å²) in [7, 11) is 0.309. The van der Waals surface area contributed by atoms with Crippen molar-refractivity contribution in [2.75, 3.05) is 7.05 Å². The topological polar surface area (TPSA) is 46.6 Å². The molecule has 0 saturated carbocycles. The molecule has 0 heterocycles. The second kappa shape index (κ2) is 7.12. The second-order valence-corrected chi connectivity index (χ2v) is 5.57. The van der Waals surface area contributed by atoms with Gasteiger partial charge in [0.05, 0.1) is 0 Å². The lowest BCUT2D eigenvalue weighted by Gasteiger charge is -2.29. The van der Waals surface area contributed by atoms with E-state index in [4.69, 9.17) is 0 Å². The fraction of sp³-hybridized carbons (Fsp3) is 0.467. The highest BCUT2D eigenvalue weighted by Crippen LogP contribution is 2.47. The molecular formula is C15H14F7NO3. The number of ether oxygens (including phenoxy) is 1. The molecule has 1 aromatic rings. The fourth-order valence-electron chi connectivity index (χ4n) is 1.82.